The van der Waals surface area contributed by atoms with Crippen molar-refractivity contribution in [3.8, 4) is 6.07 Å². The third kappa shape index (κ3) is 4.75. The molecule has 1 atom stereocenters. The molecule has 0 saturated carbocycles. The number of nitrogens with zero attached hydrogens (tertiary/aromatic N) is 4. The fourth-order valence-corrected chi connectivity index (χ4v) is 3.66. The Kier molecular flexibility index (Phi) is 7.03. The van der Waals surface area contributed by atoms with Crippen LogP contribution in [0.25, 0.3) is 10.9 Å². The van der Waals surface area contributed by atoms with Crippen LogP contribution in [0, 0.1) is 11.3 Å². The number of carbonyl (C=O) groups is 1. The molecule has 0 aliphatic rings. The van der Waals surface area contributed by atoms with Gasteiger partial charge in [0.05, 0.1) is 28.6 Å². The van der Waals surface area contributed by atoms with Crippen LogP contribution < -0.4 is 10.9 Å². The Hall–Kier alpha value is -3.66. The Bertz CT molecular complexity index is 1180. The molecule has 0 spiro atoms. The summed E-state index contributed by atoms with van der Waals surface area (Å²) in [6.45, 7) is 4.58. The maximum absolute atomic E-state index is 13.3. The third-order valence-electron chi connectivity index (χ3n) is 5.34. The molecular weight excluding hydrogens is 390 g/mol. The lowest BCUT2D eigenvalue weighted by molar-refractivity contribution is 0.179. The van der Waals surface area contributed by atoms with E-state index < -0.39 is 0 Å². The summed E-state index contributed by atoms with van der Waals surface area (Å²) in [4.78, 5) is 32.7. The van der Waals surface area contributed by atoms with Crippen molar-refractivity contribution in [2.45, 2.75) is 39.2 Å². The van der Waals surface area contributed by atoms with Gasteiger partial charge in [0.15, 0.2) is 0 Å². The van der Waals surface area contributed by atoms with E-state index in [0.717, 1.165) is 12.8 Å². The second kappa shape index (κ2) is 9.90. The number of nitrogens with one attached hydrogen (secondary N) is 1. The number of urea groups is 1. The van der Waals surface area contributed by atoms with Gasteiger partial charge in [0.25, 0.3) is 5.56 Å². The van der Waals surface area contributed by atoms with Crippen molar-refractivity contribution in [2.24, 2.45) is 7.05 Å². The summed E-state index contributed by atoms with van der Waals surface area (Å²) >= 11 is 0. The summed E-state index contributed by atoms with van der Waals surface area (Å²) in [7, 11) is 1.70. The molecular formula is C24H27N5O2. The summed E-state index contributed by atoms with van der Waals surface area (Å²) < 4.78 is 1.54. The smallest absolute Gasteiger partial charge is 0.314 e. The quantitative estimate of drug-likeness (QED) is 0.609. The SMILES string of the molecule is CCCCN(C(=O)Nc1cccc(C#N)c1)C(CC)c1nc2ccccc2c(=O)n1C. The van der Waals surface area contributed by atoms with Crippen LogP contribution in [0.2, 0.25) is 0 Å². The van der Waals surface area contributed by atoms with Gasteiger partial charge in [-0.1, -0.05) is 38.5 Å². The average molecular weight is 418 g/mol. The first-order chi connectivity index (χ1) is 15.0. The molecule has 2 aromatic carbocycles. The van der Waals surface area contributed by atoms with Crippen LogP contribution in [0.15, 0.2) is 53.3 Å². The minimum absolute atomic E-state index is 0.128. The second-order valence-corrected chi connectivity index (χ2v) is 7.45. The number of benzene rings is 2. The molecule has 2 amide bonds. The van der Waals surface area contributed by atoms with Crippen molar-refractivity contribution in [1.82, 2.24) is 14.5 Å². The van der Waals surface area contributed by atoms with Gasteiger partial charge < -0.3 is 10.2 Å². The highest BCUT2D eigenvalue weighted by Gasteiger charge is 2.27. The zero-order valence-corrected chi connectivity index (χ0v) is 18.1. The fraction of sp³-hybridized carbons (Fsp3) is 0.333. The summed E-state index contributed by atoms with van der Waals surface area (Å²) in [5.41, 5.74) is 1.53. The molecule has 0 saturated heterocycles. The maximum Gasteiger partial charge on any atom is 0.322 e. The Morgan fingerprint density at radius 3 is 2.71 bits per heavy atom. The van der Waals surface area contributed by atoms with Crippen LogP contribution in [0.1, 0.15) is 50.5 Å². The number of nitriles is 1. The molecule has 3 rings (SSSR count). The number of fused-ring (bicyclic) bond motifs is 1. The average Bonchev–Trinajstić information content (AvgIpc) is 2.79. The number of hydrogen-bond acceptors (Lipinski definition) is 4. The Labute approximate surface area is 181 Å². The largest absolute Gasteiger partial charge is 0.322 e. The molecule has 31 heavy (non-hydrogen) atoms. The van der Waals surface area contributed by atoms with Gasteiger partial charge in [-0.3, -0.25) is 9.36 Å². The number of unbranched alkanes of at least 4 members (excludes halogenated alkanes) is 1. The standard InChI is InChI=1S/C24H27N5O2/c1-4-6-14-29(24(31)26-18-11-9-10-17(15-18)16-25)21(5-2)22-27-20-13-8-7-12-19(20)23(30)28(22)3/h7-13,15,21H,4-6,14H2,1-3H3,(H,26,31). The molecule has 160 valence electrons. The van der Waals surface area contributed by atoms with Crippen LogP contribution in [0.3, 0.4) is 0 Å². The monoisotopic (exact) mass is 417 g/mol. The topological polar surface area (TPSA) is 91.0 Å². The number of anilines is 1. The minimum Gasteiger partial charge on any atom is -0.314 e. The van der Waals surface area contributed by atoms with Crippen LogP contribution >= 0.6 is 0 Å². The van der Waals surface area contributed by atoms with Crippen LogP contribution in [0.4, 0.5) is 10.5 Å². The van der Waals surface area contributed by atoms with Gasteiger partial charge in [0.1, 0.15) is 5.82 Å². The first-order valence-corrected chi connectivity index (χ1v) is 10.5. The van der Waals surface area contributed by atoms with Crippen molar-refractivity contribution < 1.29 is 4.79 Å². The van der Waals surface area contributed by atoms with Crippen molar-refractivity contribution in [2.75, 3.05) is 11.9 Å². The molecule has 1 heterocycles. The number of para-hydroxylation sites is 1. The van der Waals surface area contributed by atoms with Crippen molar-refractivity contribution in [3.05, 3.63) is 70.3 Å². The molecule has 0 radical (unpaired) electrons. The molecule has 7 heteroatoms. The molecule has 1 N–H and O–H groups in total. The van der Waals surface area contributed by atoms with E-state index in [-0.39, 0.29) is 17.6 Å². The summed E-state index contributed by atoms with van der Waals surface area (Å²) in [5, 5.41) is 12.6. The van der Waals surface area contributed by atoms with Crippen LogP contribution in [-0.4, -0.2) is 27.0 Å². The molecule has 7 nitrogen and oxygen atoms in total. The zero-order valence-electron chi connectivity index (χ0n) is 18.1. The van der Waals surface area contributed by atoms with E-state index in [2.05, 4.69) is 18.3 Å². The van der Waals surface area contributed by atoms with Gasteiger partial charge >= 0.3 is 6.03 Å². The fourth-order valence-electron chi connectivity index (χ4n) is 3.66. The molecule has 1 unspecified atom stereocenters. The third-order valence-corrected chi connectivity index (χ3v) is 5.34. The number of carbonyl (C=O) groups excluding carboxylic acids is 1. The highest BCUT2D eigenvalue weighted by molar-refractivity contribution is 5.89. The van der Waals surface area contributed by atoms with Gasteiger partial charge in [0, 0.05) is 19.3 Å². The van der Waals surface area contributed by atoms with E-state index in [1.54, 1.807) is 46.8 Å². The van der Waals surface area contributed by atoms with E-state index in [4.69, 9.17) is 10.2 Å². The highest BCUT2D eigenvalue weighted by Crippen LogP contribution is 2.25. The molecule has 1 aromatic heterocycles. The summed E-state index contributed by atoms with van der Waals surface area (Å²) in [6, 6.07) is 15.5. The predicted molar refractivity (Wildman–Crippen MR) is 122 cm³/mol. The number of aromatic nitrogens is 2. The first-order valence-electron chi connectivity index (χ1n) is 10.5. The Morgan fingerprint density at radius 1 is 1.23 bits per heavy atom. The Balaban J connectivity index is 2.00. The van der Waals surface area contributed by atoms with Gasteiger partial charge in [0.2, 0.25) is 0 Å². The van der Waals surface area contributed by atoms with E-state index in [1.165, 1.54) is 0 Å². The Morgan fingerprint density at radius 2 is 2.00 bits per heavy atom. The first kappa shape index (κ1) is 22.0. The van der Waals surface area contributed by atoms with E-state index in [0.29, 0.717) is 40.9 Å². The van der Waals surface area contributed by atoms with Gasteiger partial charge in [-0.05, 0) is 43.2 Å². The van der Waals surface area contributed by atoms with Crippen LogP contribution in [-0.2, 0) is 7.05 Å². The van der Waals surface area contributed by atoms with Gasteiger partial charge in [-0.15, -0.1) is 0 Å². The molecule has 0 aliphatic heterocycles. The minimum atomic E-state index is -0.368. The summed E-state index contributed by atoms with van der Waals surface area (Å²) in [5.74, 6) is 0.559. The van der Waals surface area contributed by atoms with Crippen molar-refractivity contribution >= 4 is 22.6 Å². The molecule has 0 fully saturated rings. The van der Waals surface area contributed by atoms with E-state index in [9.17, 15) is 9.59 Å². The zero-order chi connectivity index (χ0) is 22.4. The number of hydrogen-bond donors (Lipinski definition) is 1. The molecule has 0 bridgehead atoms. The predicted octanol–water partition coefficient (Wildman–Crippen LogP) is 4.59. The van der Waals surface area contributed by atoms with E-state index in [1.807, 2.05) is 25.1 Å². The number of rotatable bonds is 7. The lowest BCUT2D eigenvalue weighted by Gasteiger charge is -2.32. The van der Waals surface area contributed by atoms with E-state index >= 15 is 0 Å². The normalized spacial score (nSPS) is 11.7. The maximum atomic E-state index is 13.3. The number of amides is 2. The van der Waals surface area contributed by atoms with Crippen molar-refractivity contribution in [3.63, 3.8) is 0 Å². The lowest BCUT2D eigenvalue weighted by atomic mass is 10.1. The lowest BCUT2D eigenvalue weighted by Crippen LogP contribution is -2.41. The molecule has 3 aromatic rings. The second-order valence-electron chi connectivity index (χ2n) is 7.45. The van der Waals surface area contributed by atoms with Crippen LogP contribution in [0.5, 0.6) is 0 Å². The van der Waals surface area contributed by atoms with Crippen molar-refractivity contribution in [1.29, 1.82) is 5.26 Å². The molecule has 0 aliphatic carbocycles. The summed E-state index contributed by atoms with van der Waals surface area (Å²) in [6.07, 6.45) is 2.35. The van der Waals surface area contributed by atoms with Gasteiger partial charge in [-0.2, -0.15) is 5.26 Å². The highest BCUT2D eigenvalue weighted by atomic mass is 16.2. The van der Waals surface area contributed by atoms with Gasteiger partial charge in [-0.25, -0.2) is 9.78 Å².